The van der Waals surface area contributed by atoms with Crippen molar-refractivity contribution < 1.29 is 13.2 Å². The summed E-state index contributed by atoms with van der Waals surface area (Å²) in [5, 5.41) is 2.98. The maximum Gasteiger partial charge on any atom is 0.263 e. The van der Waals surface area contributed by atoms with Gasteiger partial charge < -0.3 is 5.32 Å². The van der Waals surface area contributed by atoms with Gasteiger partial charge in [-0.1, -0.05) is 17.7 Å². The van der Waals surface area contributed by atoms with Crippen LogP contribution in [0.5, 0.6) is 0 Å². The summed E-state index contributed by atoms with van der Waals surface area (Å²) in [6.45, 7) is 1.84. The number of rotatable bonds is 5. The van der Waals surface area contributed by atoms with E-state index in [1.165, 1.54) is 6.07 Å². The minimum atomic E-state index is -3.77. The van der Waals surface area contributed by atoms with E-state index in [1.807, 2.05) is 6.92 Å². The first kappa shape index (κ1) is 16.8. The van der Waals surface area contributed by atoms with Crippen LogP contribution < -0.4 is 10.0 Å². The van der Waals surface area contributed by atoms with E-state index in [1.54, 1.807) is 36.4 Å². The van der Waals surface area contributed by atoms with Gasteiger partial charge in [0.15, 0.2) is 0 Å². The van der Waals surface area contributed by atoms with Gasteiger partial charge in [0.05, 0.1) is 5.02 Å². The molecule has 5 nitrogen and oxygen atoms in total. The van der Waals surface area contributed by atoms with Gasteiger partial charge in [0.1, 0.15) is 4.90 Å². The SMILES string of the molecule is Cc1ccc(S(=O)(=O)Nc2ccc(NC(=O)C3CC3)cc2)c(Cl)c1. The Morgan fingerprint density at radius 2 is 1.71 bits per heavy atom. The first-order valence-corrected chi connectivity index (χ1v) is 9.41. The number of hydrogen-bond donors (Lipinski definition) is 2. The summed E-state index contributed by atoms with van der Waals surface area (Å²) in [6.07, 6.45) is 1.86. The lowest BCUT2D eigenvalue weighted by atomic mass is 10.2. The Labute approximate surface area is 146 Å². The number of carbonyl (C=O) groups is 1. The number of nitrogens with one attached hydrogen (secondary N) is 2. The van der Waals surface area contributed by atoms with E-state index in [9.17, 15) is 13.2 Å². The Morgan fingerprint density at radius 1 is 1.08 bits per heavy atom. The van der Waals surface area contributed by atoms with Gasteiger partial charge in [0, 0.05) is 17.3 Å². The molecule has 0 saturated heterocycles. The Kier molecular flexibility index (Phi) is 4.51. The predicted molar refractivity (Wildman–Crippen MR) is 94.8 cm³/mol. The van der Waals surface area contributed by atoms with Crippen molar-refractivity contribution >= 4 is 38.9 Å². The van der Waals surface area contributed by atoms with Crippen LogP contribution in [0.1, 0.15) is 18.4 Å². The van der Waals surface area contributed by atoms with Crippen molar-refractivity contribution in [2.45, 2.75) is 24.7 Å². The average molecular weight is 365 g/mol. The number of sulfonamides is 1. The van der Waals surface area contributed by atoms with E-state index in [2.05, 4.69) is 10.0 Å². The minimum Gasteiger partial charge on any atom is -0.326 e. The number of hydrogen-bond acceptors (Lipinski definition) is 3. The fraction of sp³-hybridized carbons (Fsp3) is 0.235. The summed E-state index contributed by atoms with van der Waals surface area (Å²) in [4.78, 5) is 11.7. The van der Waals surface area contributed by atoms with E-state index < -0.39 is 10.0 Å². The molecule has 126 valence electrons. The molecule has 0 radical (unpaired) electrons. The van der Waals surface area contributed by atoms with Crippen molar-refractivity contribution in [3.05, 3.63) is 53.1 Å². The number of amides is 1. The summed E-state index contributed by atoms with van der Waals surface area (Å²) in [6, 6.07) is 11.3. The molecule has 0 atom stereocenters. The van der Waals surface area contributed by atoms with Crippen molar-refractivity contribution in [3.63, 3.8) is 0 Å². The van der Waals surface area contributed by atoms with Crippen LogP contribution in [0.2, 0.25) is 5.02 Å². The third kappa shape index (κ3) is 3.88. The summed E-state index contributed by atoms with van der Waals surface area (Å²) in [5.41, 5.74) is 1.92. The molecule has 24 heavy (non-hydrogen) atoms. The third-order valence-electron chi connectivity index (χ3n) is 3.73. The highest BCUT2D eigenvalue weighted by atomic mass is 35.5. The van der Waals surface area contributed by atoms with Gasteiger partial charge in [-0.15, -0.1) is 0 Å². The van der Waals surface area contributed by atoms with E-state index in [0.29, 0.717) is 11.4 Å². The Bertz CT molecular complexity index is 875. The third-order valence-corrected chi connectivity index (χ3v) is 5.59. The summed E-state index contributed by atoms with van der Waals surface area (Å²) in [7, 11) is -3.77. The Morgan fingerprint density at radius 3 is 2.29 bits per heavy atom. The highest BCUT2D eigenvalue weighted by molar-refractivity contribution is 7.92. The monoisotopic (exact) mass is 364 g/mol. The van der Waals surface area contributed by atoms with Crippen LogP contribution in [0.4, 0.5) is 11.4 Å². The lowest BCUT2D eigenvalue weighted by Gasteiger charge is -2.11. The first-order valence-electron chi connectivity index (χ1n) is 7.55. The van der Waals surface area contributed by atoms with E-state index >= 15 is 0 Å². The van der Waals surface area contributed by atoms with Gasteiger partial charge in [-0.2, -0.15) is 0 Å². The molecule has 0 spiro atoms. The predicted octanol–water partition coefficient (Wildman–Crippen LogP) is 3.80. The molecular weight excluding hydrogens is 348 g/mol. The molecule has 1 aliphatic carbocycles. The Balaban J connectivity index is 1.73. The van der Waals surface area contributed by atoms with Crippen LogP contribution in [-0.2, 0) is 14.8 Å². The molecular formula is C17H17ClN2O3S. The molecule has 7 heteroatoms. The molecule has 1 fully saturated rings. The van der Waals surface area contributed by atoms with Gasteiger partial charge in [-0.05, 0) is 61.7 Å². The van der Waals surface area contributed by atoms with Crippen molar-refractivity contribution in [2.75, 3.05) is 10.0 Å². The number of halogens is 1. The maximum absolute atomic E-state index is 12.4. The first-order chi connectivity index (χ1) is 11.3. The second-order valence-electron chi connectivity index (χ2n) is 5.88. The molecule has 0 aromatic heterocycles. The van der Waals surface area contributed by atoms with Crippen molar-refractivity contribution in [1.29, 1.82) is 0 Å². The second kappa shape index (κ2) is 6.45. The fourth-order valence-electron chi connectivity index (χ4n) is 2.25. The van der Waals surface area contributed by atoms with Crippen LogP contribution in [0, 0.1) is 12.8 Å². The highest BCUT2D eigenvalue weighted by Gasteiger charge is 2.29. The molecule has 0 bridgehead atoms. The molecule has 3 rings (SSSR count). The van der Waals surface area contributed by atoms with Crippen molar-refractivity contribution in [3.8, 4) is 0 Å². The van der Waals surface area contributed by atoms with E-state index in [-0.39, 0.29) is 21.7 Å². The number of anilines is 2. The average Bonchev–Trinajstić information content (AvgIpc) is 3.33. The van der Waals surface area contributed by atoms with Gasteiger partial charge >= 0.3 is 0 Å². The van der Waals surface area contributed by atoms with Crippen molar-refractivity contribution in [2.24, 2.45) is 5.92 Å². The summed E-state index contributed by atoms with van der Waals surface area (Å²) < 4.78 is 27.3. The highest BCUT2D eigenvalue weighted by Crippen LogP contribution is 2.30. The van der Waals surface area contributed by atoms with E-state index in [4.69, 9.17) is 11.6 Å². The largest absolute Gasteiger partial charge is 0.326 e. The smallest absolute Gasteiger partial charge is 0.263 e. The van der Waals surface area contributed by atoms with Gasteiger partial charge in [-0.25, -0.2) is 8.42 Å². The number of aryl methyl sites for hydroxylation is 1. The lowest BCUT2D eigenvalue weighted by Crippen LogP contribution is -2.14. The fourth-order valence-corrected chi connectivity index (χ4v) is 3.90. The summed E-state index contributed by atoms with van der Waals surface area (Å²) in [5.74, 6) is 0.127. The van der Waals surface area contributed by atoms with Crippen LogP contribution in [0.15, 0.2) is 47.4 Å². The molecule has 0 heterocycles. The molecule has 1 amide bonds. The quantitative estimate of drug-likeness (QED) is 0.847. The number of carbonyl (C=O) groups excluding carboxylic acids is 1. The molecule has 2 aromatic rings. The molecule has 2 aromatic carbocycles. The zero-order valence-corrected chi connectivity index (χ0v) is 14.6. The second-order valence-corrected chi connectivity index (χ2v) is 7.94. The lowest BCUT2D eigenvalue weighted by molar-refractivity contribution is -0.117. The van der Waals surface area contributed by atoms with Crippen LogP contribution in [0.25, 0.3) is 0 Å². The zero-order valence-electron chi connectivity index (χ0n) is 13.0. The number of benzene rings is 2. The Hall–Kier alpha value is -2.05. The van der Waals surface area contributed by atoms with Crippen LogP contribution in [-0.4, -0.2) is 14.3 Å². The maximum atomic E-state index is 12.4. The molecule has 0 aliphatic heterocycles. The summed E-state index contributed by atoms with van der Waals surface area (Å²) >= 11 is 6.03. The molecule has 1 aliphatic rings. The van der Waals surface area contributed by atoms with Crippen LogP contribution in [0.3, 0.4) is 0 Å². The standard InChI is InChI=1S/C17H17ClN2O3S/c1-11-2-9-16(15(18)10-11)24(22,23)20-14-7-5-13(6-8-14)19-17(21)12-3-4-12/h2,5-10,12,20H,3-4H2,1H3,(H,19,21). The van der Waals surface area contributed by atoms with Gasteiger partial charge in [0.25, 0.3) is 10.0 Å². The van der Waals surface area contributed by atoms with Gasteiger partial charge in [0.2, 0.25) is 5.91 Å². The normalized spacial score (nSPS) is 14.2. The zero-order chi connectivity index (χ0) is 17.3. The van der Waals surface area contributed by atoms with Gasteiger partial charge in [-0.3, -0.25) is 9.52 Å². The van der Waals surface area contributed by atoms with E-state index in [0.717, 1.165) is 18.4 Å². The molecule has 1 saturated carbocycles. The minimum absolute atomic E-state index is 0.00904. The topological polar surface area (TPSA) is 75.3 Å². The van der Waals surface area contributed by atoms with Crippen LogP contribution >= 0.6 is 11.6 Å². The van der Waals surface area contributed by atoms with Crippen molar-refractivity contribution in [1.82, 2.24) is 0 Å². The molecule has 0 unspecified atom stereocenters. The molecule has 2 N–H and O–H groups in total.